The first-order valence-electron chi connectivity index (χ1n) is 5.75. The molecule has 1 aliphatic heterocycles. The second kappa shape index (κ2) is 5.09. The first-order valence-corrected chi connectivity index (χ1v) is 5.75. The maximum atomic E-state index is 12.0. The average Bonchev–Trinajstić information content (AvgIpc) is 2.87. The highest BCUT2D eigenvalue weighted by Crippen LogP contribution is 2.21. The molecule has 8 heteroatoms. The van der Waals surface area contributed by atoms with Crippen LogP contribution in [0.1, 0.15) is 23.4 Å². The molecule has 19 heavy (non-hydrogen) atoms. The number of aliphatic carboxylic acids is 1. The van der Waals surface area contributed by atoms with Crippen molar-refractivity contribution in [2.45, 2.75) is 12.8 Å². The molecule has 102 valence electrons. The van der Waals surface area contributed by atoms with Gasteiger partial charge in [-0.25, -0.2) is 0 Å². The predicted octanol–water partition coefficient (Wildman–Crippen LogP) is 1.12. The van der Waals surface area contributed by atoms with Crippen LogP contribution in [0, 0.1) is 16.0 Å². The fourth-order valence-electron chi connectivity index (χ4n) is 2.06. The Morgan fingerprint density at radius 2 is 2.21 bits per heavy atom. The minimum Gasteiger partial charge on any atom is -0.481 e. The summed E-state index contributed by atoms with van der Waals surface area (Å²) < 4.78 is 4.82. The van der Waals surface area contributed by atoms with Crippen LogP contribution >= 0.6 is 0 Å². The van der Waals surface area contributed by atoms with Crippen molar-refractivity contribution in [2.75, 3.05) is 13.1 Å². The zero-order valence-corrected chi connectivity index (χ0v) is 9.94. The first kappa shape index (κ1) is 13.1. The average molecular weight is 268 g/mol. The Hall–Kier alpha value is -2.38. The topological polar surface area (TPSA) is 114 Å². The van der Waals surface area contributed by atoms with Gasteiger partial charge in [0.25, 0.3) is 5.91 Å². The van der Waals surface area contributed by atoms with Gasteiger partial charge in [0.05, 0.1) is 12.0 Å². The van der Waals surface area contributed by atoms with Crippen LogP contribution in [0.3, 0.4) is 0 Å². The maximum Gasteiger partial charge on any atom is 0.433 e. The second-order valence-corrected chi connectivity index (χ2v) is 4.32. The minimum atomic E-state index is -0.942. The van der Waals surface area contributed by atoms with E-state index in [0.29, 0.717) is 19.4 Å². The third-order valence-corrected chi connectivity index (χ3v) is 3.04. The lowest BCUT2D eigenvalue weighted by Gasteiger charge is -2.29. The Morgan fingerprint density at radius 3 is 2.79 bits per heavy atom. The number of carbonyl (C=O) groups excluding carboxylic acids is 1. The highest BCUT2D eigenvalue weighted by Gasteiger charge is 2.30. The zero-order valence-electron chi connectivity index (χ0n) is 9.94. The van der Waals surface area contributed by atoms with E-state index in [9.17, 15) is 19.7 Å². The molecular weight excluding hydrogens is 256 g/mol. The lowest BCUT2D eigenvalue weighted by molar-refractivity contribution is -0.402. The lowest BCUT2D eigenvalue weighted by atomic mass is 9.98. The monoisotopic (exact) mass is 268 g/mol. The number of likely N-dealkylation sites (tertiary alicyclic amines) is 1. The van der Waals surface area contributed by atoms with E-state index in [0.717, 1.165) is 6.07 Å². The quantitative estimate of drug-likeness (QED) is 0.649. The summed E-state index contributed by atoms with van der Waals surface area (Å²) in [5.41, 5.74) is 0. The van der Waals surface area contributed by atoms with Gasteiger partial charge in [-0.1, -0.05) is 0 Å². The van der Waals surface area contributed by atoms with E-state index in [1.54, 1.807) is 0 Å². The summed E-state index contributed by atoms with van der Waals surface area (Å²) in [6.07, 6.45) is 1.11. The van der Waals surface area contributed by atoms with Crippen molar-refractivity contribution in [3.05, 3.63) is 28.0 Å². The number of furan rings is 1. The standard InChI is InChI=1S/C11H12N2O6/c14-10(8-3-4-9(19-8)13(17)18)12-5-1-2-7(6-12)11(15)16/h3-4,7H,1-2,5-6H2,(H,15,16)/t7-/m0/s1. The van der Waals surface area contributed by atoms with Crippen molar-refractivity contribution >= 4 is 17.8 Å². The minimum absolute atomic E-state index is 0.0999. The van der Waals surface area contributed by atoms with E-state index in [4.69, 9.17) is 9.52 Å². The number of amides is 1. The number of hydrogen-bond acceptors (Lipinski definition) is 5. The summed E-state index contributed by atoms with van der Waals surface area (Å²) in [7, 11) is 0. The van der Waals surface area contributed by atoms with Gasteiger partial charge < -0.3 is 14.4 Å². The molecule has 0 spiro atoms. The van der Waals surface area contributed by atoms with Crippen molar-refractivity contribution in [1.29, 1.82) is 0 Å². The van der Waals surface area contributed by atoms with Gasteiger partial charge in [-0.3, -0.25) is 19.7 Å². The Balaban J connectivity index is 2.10. The SMILES string of the molecule is O=C(O)[C@H]1CCCN(C(=O)c2ccc([N+](=O)[O-])o2)C1. The Kier molecular flexibility index (Phi) is 3.50. The maximum absolute atomic E-state index is 12.0. The molecule has 1 atom stereocenters. The van der Waals surface area contributed by atoms with E-state index in [2.05, 4.69) is 0 Å². The molecule has 0 saturated carbocycles. The molecule has 2 rings (SSSR count). The van der Waals surface area contributed by atoms with E-state index in [1.165, 1.54) is 11.0 Å². The molecule has 1 N–H and O–H groups in total. The number of nitrogens with zero attached hydrogens (tertiary/aromatic N) is 2. The highest BCUT2D eigenvalue weighted by atomic mass is 16.6. The van der Waals surface area contributed by atoms with Crippen molar-refractivity contribution in [1.82, 2.24) is 4.90 Å². The van der Waals surface area contributed by atoms with E-state index < -0.39 is 28.6 Å². The molecule has 1 aliphatic rings. The molecule has 0 aliphatic carbocycles. The first-order chi connectivity index (χ1) is 8.99. The van der Waals surface area contributed by atoms with Gasteiger partial charge in [0.1, 0.15) is 4.92 Å². The zero-order chi connectivity index (χ0) is 14.0. The van der Waals surface area contributed by atoms with Crippen molar-refractivity contribution < 1.29 is 24.0 Å². The molecular formula is C11H12N2O6. The molecule has 0 aromatic carbocycles. The number of hydrogen-bond donors (Lipinski definition) is 1. The van der Waals surface area contributed by atoms with Crippen LogP contribution in [0.15, 0.2) is 16.5 Å². The molecule has 1 aromatic heterocycles. The van der Waals surface area contributed by atoms with Crippen LogP contribution in [-0.4, -0.2) is 39.9 Å². The largest absolute Gasteiger partial charge is 0.481 e. The van der Waals surface area contributed by atoms with Crippen molar-refractivity contribution in [3.8, 4) is 0 Å². The lowest BCUT2D eigenvalue weighted by Crippen LogP contribution is -2.42. The molecule has 8 nitrogen and oxygen atoms in total. The third-order valence-electron chi connectivity index (χ3n) is 3.04. The summed E-state index contributed by atoms with van der Waals surface area (Å²) >= 11 is 0. The number of nitro groups is 1. The fourth-order valence-corrected chi connectivity index (χ4v) is 2.06. The summed E-state index contributed by atoms with van der Waals surface area (Å²) in [4.78, 5) is 34.0. The molecule has 1 amide bonds. The van der Waals surface area contributed by atoms with Crippen LogP contribution < -0.4 is 0 Å². The van der Waals surface area contributed by atoms with Gasteiger partial charge in [0, 0.05) is 13.1 Å². The third kappa shape index (κ3) is 2.72. The molecule has 1 aromatic rings. The van der Waals surface area contributed by atoms with Gasteiger partial charge in [0.15, 0.2) is 5.76 Å². The number of carboxylic acid groups (broad SMARTS) is 1. The smallest absolute Gasteiger partial charge is 0.433 e. The van der Waals surface area contributed by atoms with Crippen LogP contribution in [0.2, 0.25) is 0 Å². The molecule has 1 saturated heterocycles. The Bertz CT molecular complexity index is 523. The number of carboxylic acids is 1. The second-order valence-electron chi connectivity index (χ2n) is 4.32. The van der Waals surface area contributed by atoms with Crippen molar-refractivity contribution in [2.24, 2.45) is 5.92 Å². The van der Waals surface area contributed by atoms with E-state index in [-0.39, 0.29) is 12.3 Å². The van der Waals surface area contributed by atoms with Crippen LogP contribution in [0.5, 0.6) is 0 Å². The van der Waals surface area contributed by atoms with Crippen LogP contribution in [0.4, 0.5) is 5.88 Å². The summed E-state index contributed by atoms with van der Waals surface area (Å²) in [5, 5.41) is 19.4. The predicted molar refractivity (Wildman–Crippen MR) is 61.6 cm³/mol. The number of piperidine rings is 1. The summed E-state index contributed by atoms with van der Waals surface area (Å²) in [5.74, 6) is -2.70. The number of carbonyl (C=O) groups is 2. The molecule has 0 radical (unpaired) electrons. The normalized spacial score (nSPS) is 19.2. The molecule has 1 fully saturated rings. The van der Waals surface area contributed by atoms with Gasteiger partial charge >= 0.3 is 11.9 Å². The van der Waals surface area contributed by atoms with Crippen molar-refractivity contribution in [3.63, 3.8) is 0 Å². The van der Waals surface area contributed by atoms with E-state index in [1.807, 2.05) is 0 Å². The summed E-state index contributed by atoms with van der Waals surface area (Å²) in [6, 6.07) is 2.33. The number of rotatable bonds is 3. The molecule has 0 unspecified atom stereocenters. The van der Waals surface area contributed by atoms with Gasteiger partial charge in [0.2, 0.25) is 0 Å². The van der Waals surface area contributed by atoms with Crippen LogP contribution in [0.25, 0.3) is 0 Å². The Labute approximate surface area is 107 Å². The van der Waals surface area contributed by atoms with E-state index >= 15 is 0 Å². The van der Waals surface area contributed by atoms with Crippen LogP contribution in [-0.2, 0) is 4.79 Å². The van der Waals surface area contributed by atoms with Gasteiger partial charge in [-0.2, -0.15) is 0 Å². The molecule has 2 heterocycles. The fraction of sp³-hybridized carbons (Fsp3) is 0.455. The highest BCUT2D eigenvalue weighted by molar-refractivity contribution is 5.92. The molecule has 0 bridgehead atoms. The van der Waals surface area contributed by atoms with Gasteiger partial charge in [-0.05, 0) is 18.9 Å². The van der Waals surface area contributed by atoms with Gasteiger partial charge in [-0.15, -0.1) is 0 Å². The Morgan fingerprint density at radius 1 is 1.47 bits per heavy atom. The summed E-state index contributed by atoms with van der Waals surface area (Å²) in [6.45, 7) is 0.528.